The molecule has 1 saturated carbocycles. The Hall–Kier alpha value is -1.11. The van der Waals surface area contributed by atoms with Gasteiger partial charge in [-0.2, -0.15) is 0 Å². The average Bonchev–Trinajstić information content (AvgIpc) is 3.19. The predicted octanol–water partition coefficient (Wildman–Crippen LogP) is 1.98. The van der Waals surface area contributed by atoms with Gasteiger partial charge in [-0.1, -0.05) is 0 Å². The molecule has 0 aliphatic heterocycles. The summed E-state index contributed by atoms with van der Waals surface area (Å²) in [5, 5.41) is 0. The van der Waals surface area contributed by atoms with Crippen molar-refractivity contribution < 1.29 is 13.2 Å². The summed E-state index contributed by atoms with van der Waals surface area (Å²) in [4.78, 5) is 0.174. The van der Waals surface area contributed by atoms with Crippen molar-refractivity contribution in [2.75, 3.05) is 26.0 Å². The van der Waals surface area contributed by atoms with Gasteiger partial charge in [0.05, 0.1) is 5.69 Å². The molecule has 1 fully saturated rings. The molecule has 0 saturated heterocycles. The van der Waals surface area contributed by atoms with E-state index in [1.807, 2.05) is 13.8 Å². The first-order chi connectivity index (χ1) is 9.80. The van der Waals surface area contributed by atoms with E-state index in [-0.39, 0.29) is 10.3 Å². The molecule has 0 atom stereocenters. The van der Waals surface area contributed by atoms with Crippen molar-refractivity contribution in [3.05, 3.63) is 23.3 Å². The van der Waals surface area contributed by atoms with Gasteiger partial charge in [0.1, 0.15) is 4.90 Å². The van der Waals surface area contributed by atoms with Crippen molar-refractivity contribution in [3.63, 3.8) is 0 Å². The first-order valence-electron chi connectivity index (χ1n) is 7.15. The van der Waals surface area contributed by atoms with Gasteiger partial charge in [0, 0.05) is 20.3 Å². The quantitative estimate of drug-likeness (QED) is 0.754. The maximum absolute atomic E-state index is 12.4. The highest BCUT2D eigenvalue weighted by atomic mass is 32.2. The molecule has 1 aliphatic carbocycles. The number of nitrogens with one attached hydrogen (secondary N) is 1. The lowest BCUT2D eigenvalue weighted by Crippen LogP contribution is -2.31. The second-order valence-electron chi connectivity index (χ2n) is 6.04. The minimum atomic E-state index is -3.56. The molecule has 5 nitrogen and oxygen atoms in total. The van der Waals surface area contributed by atoms with Crippen molar-refractivity contribution in [2.24, 2.45) is 5.41 Å². The largest absolute Gasteiger partial charge is 0.398 e. The first-order valence-corrected chi connectivity index (χ1v) is 8.63. The van der Waals surface area contributed by atoms with Crippen molar-refractivity contribution in [1.82, 2.24) is 4.72 Å². The van der Waals surface area contributed by atoms with Crippen LogP contribution in [-0.2, 0) is 14.8 Å². The van der Waals surface area contributed by atoms with E-state index < -0.39 is 10.0 Å². The molecule has 3 N–H and O–H groups in total. The van der Waals surface area contributed by atoms with Crippen molar-refractivity contribution in [2.45, 2.75) is 38.0 Å². The topological polar surface area (TPSA) is 81.4 Å². The van der Waals surface area contributed by atoms with E-state index >= 15 is 0 Å². The Balaban J connectivity index is 2.11. The van der Waals surface area contributed by atoms with Gasteiger partial charge in [-0.05, 0) is 61.8 Å². The van der Waals surface area contributed by atoms with E-state index in [1.54, 1.807) is 19.2 Å². The number of anilines is 1. The summed E-state index contributed by atoms with van der Waals surface area (Å²) in [6.45, 7) is 4.91. The van der Waals surface area contributed by atoms with Crippen LogP contribution in [0.2, 0.25) is 0 Å². The van der Waals surface area contributed by atoms with Gasteiger partial charge in [-0.3, -0.25) is 0 Å². The van der Waals surface area contributed by atoms with Gasteiger partial charge in [0.25, 0.3) is 0 Å². The molecule has 118 valence electrons. The van der Waals surface area contributed by atoms with E-state index in [1.165, 1.54) is 0 Å². The van der Waals surface area contributed by atoms with Gasteiger partial charge >= 0.3 is 0 Å². The van der Waals surface area contributed by atoms with Crippen LogP contribution in [-0.4, -0.2) is 28.7 Å². The van der Waals surface area contributed by atoms with Crippen LogP contribution in [0, 0.1) is 19.3 Å². The van der Waals surface area contributed by atoms with Crippen LogP contribution >= 0.6 is 0 Å². The molecule has 1 aromatic rings. The fourth-order valence-electron chi connectivity index (χ4n) is 2.38. The Morgan fingerprint density at radius 3 is 2.48 bits per heavy atom. The highest BCUT2D eigenvalue weighted by molar-refractivity contribution is 7.89. The van der Waals surface area contributed by atoms with Gasteiger partial charge in [0.2, 0.25) is 10.0 Å². The van der Waals surface area contributed by atoms with E-state index in [0.29, 0.717) is 18.8 Å². The highest BCUT2D eigenvalue weighted by Gasteiger charge is 2.42. The average molecular weight is 312 g/mol. The number of aryl methyl sites for hydroxylation is 2. The van der Waals surface area contributed by atoms with Gasteiger partial charge < -0.3 is 10.5 Å². The van der Waals surface area contributed by atoms with Gasteiger partial charge in [0.15, 0.2) is 0 Å². The molecule has 0 unspecified atom stereocenters. The Bertz CT molecular complexity index is 622. The summed E-state index contributed by atoms with van der Waals surface area (Å²) in [6.07, 6.45) is 2.97. The lowest BCUT2D eigenvalue weighted by molar-refractivity contribution is 0.173. The summed E-state index contributed by atoms with van der Waals surface area (Å²) >= 11 is 0. The normalized spacial score (nSPS) is 16.9. The number of methoxy groups -OCH3 is 1. The smallest absolute Gasteiger partial charge is 0.242 e. The molecule has 0 aromatic heterocycles. The van der Waals surface area contributed by atoms with Crippen LogP contribution < -0.4 is 10.5 Å². The summed E-state index contributed by atoms with van der Waals surface area (Å²) in [5.41, 5.74) is 8.15. The summed E-state index contributed by atoms with van der Waals surface area (Å²) in [6, 6.07) is 3.35. The van der Waals surface area contributed by atoms with Crippen molar-refractivity contribution in [1.29, 1.82) is 0 Å². The molecule has 0 amide bonds. The second kappa shape index (κ2) is 5.94. The molecular weight excluding hydrogens is 288 g/mol. The standard InChI is InChI=1S/C15H24N2O3S/c1-11-8-13(16)14(9-12(11)2)21(18,19)17-10-15(4-5-15)6-7-20-3/h8-9,17H,4-7,10,16H2,1-3H3. The molecule has 2 rings (SSSR count). The Kier molecular flexibility index (Phi) is 4.60. The van der Waals surface area contributed by atoms with Crippen LogP contribution in [0.5, 0.6) is 0 Å². The number of rotatable bonds is 7. The third-order valence-corrected chi connectivity index (χ3v) is 5.80. The number of benzene rings is 1. The molecular formula is C15H24N2O3S. The van der Waals surface area contributed by atoms with Gasteiger partial charge in [-0.25, -0.2) is 13.1 Å². The molecule has 0 spiro atoms. The van der Waals surface area contributed by atoms with Crippen LogP contribution in [0.1, 0.15) is 30.4 Å². The number of nitrogens with two attached hydrogens (primary N) is 1. The fraction of sp³-hybridized carbons (Fsp3) is 0.600. The highest BCUT2D eigenvalue weighted by Crippen LogP contribution is 2.48. The molecule has 0 bridgehead atoms. The number of sulfonamides is 1. The SMILES string of the molecule is COCCC1(CNS(=O)(=O)c2cc(C)c(C)cc2N)CC1. The molecule has 1 aliphatic rings. The Morgan fingerprint density at radius 1 is 1.29 bits per heavy atom. The lowest BCUT2D eigenvalue weighted by atomic mass is 10.0. The predicted molar refractivity (Wildman–Crippen MR) is 83.7 cm³/mol. The number of nitrogen functional groups attached to an aromatic ring is 1. The van der Waals surface area contributed by atoms with E-state index in [9.17, 15) is 8.42 Å². The first kappa shape index (κ1) is 16.3. The molecule has 21 heavy (non-hydrogen) atoms. The lowest BCUT2D eigenvalue weighted by Gasteiger charge is -2.17. The fourth-order valence-corrected chi connectivity index (χ4v) is 3.73. The van der Waals surface area contributed by atoms with Crippen LogP contribution in [0.3, 0.4) is 0 Å². The van der Waals surface area contributed by atoms with E-state index in [4.69, 9.17) is 10.5 Å². The van der Waals surface area contributed by atoms with E-state index in [0.717, 1.165) is 30.4 Å². The Labute approximate surface area is 126 Å². The third kappa shape index (κ3) is 3.75. The second-order valence-corrected chi connectivity index (χ2v) is 7.78. The minimum absolute atomic E-state index is 0.0670. The van der Waals surface area contributed by atoms with E-state index in [2.05, 4.69) is 4.72 Å². The number of hydrogen-bond donors (Lipinski definition) is 2. The van der Waals surface area contributed by atoms with Crippen LogP contribution in [0.15, 0.2) is 17.0 Å². The van der Waals surface area contributed by atoms with Crippen molar-refractivity contribution >= 4 is 15.7 Å². The zero-order valence-corrected chi connectivity index (χ0v) is 13.7. The molecule has 6 heteroatoms. The van der Waals surface area contributed by atoms with Crippen molar-refractivity contribution in [3.8, 4) is 0 Å². The number of ether oxygens (including phenoxy) is 1. The summed E-state index contributed by atoms with van der Waals surface area (Å²) < 4.78 is 32.7. The molecule has 0 radical (unpaired) electrons. The zero-order valence-electron chi connectivity index (χ0n) is 12.9. The number of hydrogen-bond acceptors (Lipinski definition) is 4. The zero-order chi connectivity index (χ0) is 15.7. The monoisotopic (exact) mass is 312 g/mol. The maximum atomic E-state index is 12.4. The van der Waals surface area contributed by atoms with Crippen LogP contribution in [0.25, 0.3) is 0 Å². The summed E-state index contributed by atoms with van der Waals surface area (Å²) in [5.74, 6) is 0. The molecule has 1 aromatic carbocycles. The maximum Gasteiger partial charge on any atom is 0.242 e. The Morgan fingerprint density at radius 2 is 1.90 bits per heavy atom. The van der Waals surface area contributed by atoms with Gasteiger partial charge in [-0.15, -0.1) is 0 Å². The molecule has 0 heterocycles. The summed E-state index contributed by atoms with van der Waals surface area (Å²) in [7, 11) is -1.90. The third-order valence-electron chi connectivity index (χ3n) is 4.35. The minimum Gasteiger partial charge on any atom is -0.398 e. The van der Waals surface area contributed by atoms with Crippen LogP contribution in [0.4, 0.5) is 5.69 Å².